The van der Waals surface area contributed by atoms with Gasteiger partial charge in [-0.2, -0.15) is 0 Å². The Morgan fingerprint density at radius 1 is 1.17 bits per heavy atom. The average molecular weight is 424 g/mol. The van der Waals surface area contributed by atoms with Crippen LogP contribution >= 0.6 is 11.3 Å². The molecule has 0 fully saturated rings. The first kappa shape index (κ1) is 21.4. The van der Waals surface area contributed by atoms with Crippen molar-refractivity contribution < 1.29 is 14.0 Å². The molecule has 0 saturated carbocycles. The minimum absolute atomic E-state index is 0.141. The summed E-state index contributed by atoms with van der Waals surface area (Å²) in [5, 5.41) is 4.92. The minimum Gasteiger partial charge on any atom is -0.352 e. The Hall–Kier alpha value is -3.32. The monoisotopic (exact) mass is 423 g/mol. The molecule has 0 spiro atoms. The van der Waals surface area contributed by atoms with E-state index < -0.39 is 5.82 Å². The summed E-state index contributed by atoms with van der Waals surface area (Å²) in [6.07, 6.45) is 2.97. The van der Waals surface area contributed by atoms with Gasteiger partial charge in [-0.05, 0) is 29.7 Å². The second kappa shape index (κ2) is 9.93. The van der Waals surface area contributed by atoms with Crippen LogP contribution in [-0.2, 0) is 9.59 Å². The van der Waals surface area contributed by atoms with Gasteiger partial charge >= 0.3 is 0 Å². The van der Waals surface area contributed by atoms with E-state index in [0.717, 1.165) is 5.56 Å². The van der Waals surface area contributed by atoms with E-state index >= 15 is 0 Å². The Kier molecular flexibility index (Phi) is 7.08. The lowest BCUT2D eigenvalue weighted by Gasteiger charge is -2.18. The third-order valence-electron chi connectivity index (χ3n) is 4.47. The van der Waals surface area contributed by atoms with E-state index in [-0.39, 0.29) is 23.4 Å². The number of hydrogen-bond acceptors (Lipinski definition) is 4. The number of aromatic nitrogens is 1. The normalized spacial score (nSPS) is 12.0. The van der Waals surface area contributed by atoms with Gasteiger partial charge in [0.1, 0.15) is 5.82 Å². The van der Waals surface area contributed by atoms with Crippen molar-refractivity contribution in [3.8, 4) is 0 Å². The van der Waals surface area contributed by atoms with E-state index in [1.807, 2.05) is 37.3 Å². The molecule has 1 atom stereocenters. The molecule has 1 N–H and O–H groups in total. The molecule has 1 heterocycles. The molecule has 0 bridgehead atoms. The van der Waals surface area contributed by atoms with Crippen LogP contribution in [0.2, 0.25) is 0 Å². The lowest BCUT2D eigenvalue weighted by Crippen LogP contribution is -2.25. The number of anilines is 2. The summed E-state index contributed by atoms with van der Waals surface area (Å²) in [4.78, 5) is 29.8. The van der Waals surface area contributed by atoms with Crippen LogP contribution in [0.5, 0.6) is 0 Å². The van der Waals surface area contributed by atoms with Gasteiger partial charge in [0, 0.05) is 24.9 Å². The Morgan fingerprint density at radius 3 is 2.57 bits per heavy atom. The molecular weight excluding hydrogens is 401 g/mol. The minimum atomic E-state index is -0.507. The molecule has 154 valence electrons. The summed E-state index contributed by atoms with van der Waals surface area (Å²) >= 11 is 1.20. The van der Waals surface area contributed by atoms with Crippen LogP contribution in [0.25, 0.3) is 6.08 Å². The maximum atomic E-state index is 14.1. The highest BCUT2D eigenvalue weighted by Crippen LogP contribution is 2.30. The molecule has 2 amide bonds. The molecule has 3 aromatic rings. The zero-order chi connectivity index (χ0) is 21.5. The van der Waals surface area contributed by atoms with Crippen molar-refractivity contribution in [3.63, 3.8) is 0 Å². The first-order valence-electron chi connectivity index (χ1n) is 9.47. The van der Waals surface area contributed by atoms with Gasteiger partial charge in [0.05, 0.1) is 11.4 Å². The summed E-state index contributed by atoms with van der Waals surface area (Å²) in [5.74, 6) is -0.895. The van der Waals surface area contributed by atoms with Gasteiger partial charge < -0.3 is 5.32 Å². The molecule has 1 unspecified atom stereocenters. The van der Waals surface area contributed by atoms with Gasteiger partial charge in [0.25, 0.3) is 0 Å². The number of carbonyl (C=O) groups is 2. The quantitative estimate of drug-likeness (QED) is 0.550. The molecule has 1 aromatic heterocycles. The number of benzene rings is 2. The number of nitrogens with zero attached hydrogens (tertiary/aromatic N) is 2. The summed E-state index contributed by atoms with van der Waals surface area (Å²) in [6.45, 7) is 3.91. The van der Waals surface area contributed by atoms with Crippen LogP contribution in [0.4, 0.5) is 15.2 Å². The van der Waals surface area contributed by atoms with Crippen LogP contribution in [0.15, 0.2) is 66.1 Å². The third-order valence-corrected chi connectivity index (χ3v) is 5.31. The van der Waals surface area contributed by atoms with Crippen LogP contribution < -0.4 is 10.2 Å². The van der Waals surface area contributed by atoms with Gasteiger partial charge in [-0.15, -0.1) is 11.3 Å². The topological polar surface area (TPSA) is 62.3 Å². The largest absolute Gasteiger partial charge is 0.352 e. The standard InChI is InChI=1S/C23H22FN3O2S/c1-16(18-8-4-3-5-9-18)14-25-22(29)13-12-19-15-30-23(26-19)27(17(2)28)21-11-7-6-10-20(21)24/h3-13,15-16H,14H2,1-2H3,(H,25,29). The van der Waals surface area contributed by atoms with Crippen LogP contribution in [0, 0.1) is 5.82 Å². The van der Waals surface area contributed by atoms with Crippen molar-refractivity contribution in [3.05, 3.63) is 83.1 Å². The van der Waals surface area contributed by atoms with Crippen molar-refractivity contribution >= 4 is 40.0 Å². The van der Waals surface area contributed by atoms with E-state index in [9.17, 15) is 14.0 Å². The molecule has 0 radical (unpaired) electrons. The van der Waals surface area contributed by atoms with Gasteiger partial charge in [0.2, 0.25) is 11.8 Å². The van der Waals surface area contributed by atoms with Crippen LogP contribution in [0.3, 0.4) is 0 Å². The number of thiazole rings is 1. The summed E-state index contributed by atoms with van der Waals surface area (Å²) in [7, 11) is 0. The van der Waals surface area contributed by atoms with E-state index in [1.165, 1.54) is 41.4 Å². The molecule has 7 heteroatoms. The van der Waals surface area contributed by atoms with Gasteiger partial charge in [-0.3, -0.25) is 14.5 Å². The van der Waals surface area contributed by atoms with Crippen LogP contribution in [-0.4, -0.2) is 23.3 Å². The first-order chi connectivity index (χ1) is 14.5. The molecule has 0 saturated heterocycles. The molecule has 2 aromatic carbocycles. The maximum Gasteiger partial charge on any atom is 0.244 e. The zero-order valence-corrected chi connectivity index (χ0v) is 17.5. The fourth-order valence-electron chi connectivity index (χ4n) is 2.87. The van der Waals surface area contributed by atoms with Crippen molar-refractivity contribution in [1.29, 1.82) is 0 Å². The molecule has 3 rings (SSSR count). The number of nitrogens with one attached hydrogen (secondary N) is 1. The van der Waals surface area contributed by atoms with Gasteiger partial charge in [0.15, 0.2) is 5.13 Å². The fraction of sp³-hybridized carbons (Fsp3) is 0.174. The van der Waals surface area contributed by atoms with Crippen molar-refractivity contribution in [2.75, 3.05) is 11.4 Å². The van der Waals surface area contributed by atoms with E-state index in [1.54, 1.807) is 23.6 Å². The summed E-state index contributed by atoms with van der Waals surface area (Å²) in [5.41, 5.74) is 1.81. The summed E-state index contributed by atoms with van der Waals surface area (Å²) in [6, 6.07) is 16.0. The smallest absolute Gasteiger partial charge is 0.244 e. The highest BCUT2D eigenvalue weighted by Gasteiger charge is 2.20. The Balaban J connectivity index is 1.64. The van der Waals surface area contributed by atoms with E-state index in [0.29, 0.717) is 17.4 Å². The third kappa shape index (κ3) is 5.39. The average Bonchev–Trinajstić information content (AvgIpc) is 3.21. The van der Waals surface area contributed by atoms with Crippen LogP contribution in [0.1, 0.15) is 31.0 Å². The van der Waals surface area contributed by atoms with Crippen molar-refractivity contribution in [2.45, 2.75) is 19.8 Å². The van der Waals surface area contributed by atoms with Gasteiger partial charge in [-0.1, -0.05) is 49.4 Å². The lowest BCUT2D eigenvalue weighted by molar-refractivity contribution is -0.117. The number of rotatable bonds is 7. The molecule has 5 nitrogen and oxygen atoms in total. The number of halogens is 1. The molecular formula is C23H22FN3O2S. The zero-order valence-electron chi connectivity index (χ0n) is 16.7. The Morgan fingerprint density at radius 2 is 1.87 bits per heavy atom. The number of hydrogen-bond donors (Lipinski definition) is 1. The number of carbonyl (C=O) groups excluding carboxylic acids is 2. The highest BCUT2D eigenvalue weighted by molar-refractivity contribution is 7.14. The Bertz CT molecular complexity index is 1050. The SMILES string of the molecule is CC(=O)N(c1nc(C=CC(=O)NCC(C)c2ccccc2)cs1)c1ccccc1F. The number of amides is 2. The van der Waals surface area contributed by atoms with Crippen molar-refractivity contribution in [1.82, 2.24) is 10.3 Å². The second-order valence-electron chi connectivity index (χ2n) is 6.75. The van der Waals surface area contributed by atoms with Crippen molar-refractivity contribution in [2.24, 2.45) is 0 Å². The number of para-hydroxylation sites is 1. The predicted molar refractivity (Wildman–Crippen MR) is 118 cm³/mol. The maximum absolute atomic E-state index is 14.1. The summed E-state index contributed by atoms with van der Waals surface area (Å²) < 4.78 is 14.1. The first-order valence-corrected chi connectivity index (χ1v) is 10.3. The van der Waals surface area contributed by atoms with Gasteiger partial charge in [-0.25, -0.2) is 9.37 Å². The predicted octanol–water partition coefficient (Wildman–Crippen LogP) is 4.90. The fourth-order valence-corrected chi connectivity index (χ4v) is 3.72. The highest BCUT2D eigenvalue weighted by atomic mass is 32.1. The Labute approximate surface area is 178 Å². The van der Waals surface area contributed by atoms with E-state index in [4.69, 9.17) is 0 Å². The molecule has 0 aliphatic heterocycles. The lowest BCUT2D eigenvalue weighted by atomic mass is 10.0. The molecule has 0 aliphatic rings. The molecule has 30 heavy (non-hydrogen) atoms. The second-order valence-corrected chi connectivity index (χ2v) is 7.59. The molecule has 0 aliphatic carbocycles. The van der Waals surface area contributed by atoms with E-state index in [2.05, 4.69) is 10.3 Å².